The van der Waals surface area contributed by atoms with E-state index in [2.05, 4.69) is 4.72 Å². The quantitative estimate of drug-likeness (QED) is 0.804. The maximum absolute atomic E-state index is 12.4. The minimum Gasteiger partial charge on any atom is -0.494 e. The van der Waals surface area contributed by atoms with Gasteiger partial charge >= 0.3 is 0 Å². The molecule has 2 N–H and O–H groups in total. The number of hydrogen-bond acceptors (Lipinski definition) is 4. The summed E-state index contributed by atoms with van der Waals surface area (Å²) < 4.78 is 32.7. The molecule has 1 aromatic rings. The van der Waals surface area contributed by atoms with E-state index in [0.29, 0.717) is 24.3 Å². The molecule has 0 unspecified atom stereocenters. The van der Waals surface area contributed by atoms with E-state index in [1.165, 1.54) is 0 Å². The van der Waals surface area contributed by atoms with Crippen LogP contribution in [0.1, 0.15) is 31.4 Å². The fourth-order valence-electron chi connectivity index (χ4n) is 1.95. The SMILES string of the molecule is CCOc1cc(S(=O)(=O)N[C@@H](CC)CO)c(C)cc1C. The Kier molecular flexibility index (Phi) is 5.98. The van der Waals surface area contributed by atoms with E-state index in [9.17, 15) is 8.42 Å². The average molecular weight is 301 g/mol. The Morgan fingerprint density at radius 3 is 2.40 bits per heavy atom. The number of hydrogen-bond donors (Lipinski definition) is 2. The fraction of sp³-hybridized carbons (Fsp3) is 0.571. The standard InChI is InChI=1S/C14H23NO4S/c1-5-12(9-16)15-20(17,18)14-8-13(19-6-2)10(3)7-11(14)4/h7-8,12,15-16H,5-6,9H2,1-4H3/t12-/m0/s1. The lowest BCUT2D eigenvalue weighted by Crippen LogP contribution is -2.37. The van der Waals surface area contributed by atoms with Crippen LogP contribution in [0.15, 0.2) is 17.0 Å². The lowest BCUT2D eigenvalue weighted by molar-refractivity contribution is 0.254. The van der Waals surface area contributed by atoms with Crippen LogP contribution in [0.4, 0.5) is 0 Å². The summed E-state index contributed by atoms with van der Waals surface area (Å²) >= 11 is 0. The number of nitrogens with one attached hydrogen (secondary N) is 1. The summed E-state index contributed by atoms with van der Waals surface area (Å²) in [6.45, 7) is 7.55. The highest BCUT2D eigenvalue weighted by Crippen LogP contribution is 2.26. The van der Waals surface area contributed by atoms with E-state index in [4.69, 9.17) is 9.84 Å². The Balaban J connectivity index is 3.20. The number of benzene rings is 1. The number of rotatable bonds is 7. The minimum absolute atomic E-state index is 0.193. The molecule has 0 saturated carbocycles. The van der Waals surface area contributed by atoms with Crippen LogP contribution in [-0.2, 0) is 10.0 Å². The van der Waals surface area contributed by atoms with E-state index in [1.54, 1.807) is 19.1 Å². The highest BCUT2D eigenvalue weighted by atomic mass is 32.2. The first-order valence-electron chi connectivity index (χ1n) is 6.72. The molecule has 0 aromatic heterocycles. The highest BCUT2D eigenvalue weighted by molar-refractivity contribution is 7.89. The molecule has 5 nitrogen and oxygen atoms in total. The van der Waals surface area contributed by atoms with Crippen molar-refractivity contribution in [1.82, 2.24) is 4.72 Å². The molecule has 1 aromatic carbocycles. The zero-order chi connectivity index (χ0) is 15.3. The summed E-state index contributed by atoms with van der Waals surface area (Å²) in [6.07, 6.45) is 0.527. The summed E-state index contributed by atoms with van der Waals surface area (Å²) in [6, 6.07) is 2.86. The van der Waals surface area contributed by atoms with Gasteiger partial charge < -0.3 is 9.84 Å². The zero-order valence-corrected chi connectivity index (χ0v) is 13.3. The largest absolute Gasteiger partial charge is 0.494 e. The van der Waals surface area contributed by atoms with Crippen LogP contribution in [0.25, 0.3) is 0 Å². The summed E-state index contributed by atoms with van der Waals surface area (Å²) in [5.74, 6) is 0.565. The Labute approximate surface area is 121 Å². The van der Waals surface area contributed by atoms with Crippen LogP contribution in [0, 0.1) is 13.8 Å². The summed E-state index contributed by atoms with van der Waals surface area (Å²) in [7, 11) is -3.66. The van der Waals surface area contributed by atoms with Crippen molar-refractivity contribution in [3.8, 4) is 5.75 Å². The van der Waals surface area contributed by atoms with Crippen LogP contribution in [0.3, 0.4) is 0 Å². The van der Waals surface area contributed by atoms with Gasteiger partial charge in [-0.25, -0.2) is 13.1 Å². The molecule has 0 aliphatic heterocycles. The van der Waals surface area contributed by atoms with Crippen molar-refractivity contribution in [3.63, 3.8) is 0 Å². The van der Waals surface area contributed by atoms with Gasteiger partial charge in [-0.05, 0) is 38.3 Å². The molecule has 6 heteroatoms. The molecule has 0 saturated heterocycles. The van der Waals surface area contributed by atoms with Crippen LogP contribution in [0.5, 0.6) is 5.75 Å². The van der Waals surface area contributed by atoms with Crippen molar-refractivity contribution < 1.29 is 18.3 Å². The lowest BCUT2D eigenvalue weighted by atomic mass is 10.1. The summed E-state index contributed by atoms with van der Waals surface area (Å²) in [5.41, 5.74) is 1.56. The van der Waals surface area contributed by atoms with Gasteiger partial charge in [-0.3, -0.25) is 0 Å². The topological polar surface area (TPSA) is 75.6 Å². The summed E-state index contributed by atoms with van der Waals surface area (Å²) in [5, 5.41) is 9.14. The first-order valence-corrected chi connectivity index (χ1v) is 8.21. The minimum atomic E-state index is -3.66. The average Bonchev–Trinajstić information content (AvgIpc) is 2.39. The fourth-order valence-corrected chi connectivity index (χ4v) is 3.50. The molecule has 114 valence electrons. The second kappa shape index (κ2) is 7.06. The lowest BCUT2D eigenvalue weighted by Gasteiger charge is -2.17. The molecule has 0 heterocycles. The smallest absolute Gasteiger partial charge is 0.241 e. The molecule has 1 rings (SSSR count). The monoisotopic (exact) mass is 301 g/mol. The number of aryl methyl sites for hydroxylation is 2. The van der Waals surface area contributed by atoms with Crippen LogP contribution in [-0.4, -0.2) is 32.8 Å². The zero-order valence-electron chi connectivity index (χ0n) is 12.4. The first kappa shape index (κ1) is 16.9. The van der Waals surface area contributed by atoms with Crippen molar-refractivity contribution in [2.45, 2.75) is 45.1 Å². The molecule has 0 amide bonds. The van der Waals surface area contributed by atoms with Crippen molar-refractivity contribution in [3.05, 3.63) is 23.3 Å². The summed E-state index contributed by atoms with van der Waals surface area (Å²) in [4.78, 5) is 0.193. The number of sulfonamides is 1. The van der Waals surface area contributed by atoms with Crippen molar-refractivity contribution in [2.24, 2.45) is 0 Å². The predicted molar refractivity (Wildman–Crippen MR) is 78.6 cm³/mol. The third-order valence-corrected chi connectivity index (χ3v) is 4.76. The molecular weight excluding hydrogens is 278 g/mol. The van der Waals surface area contributed by atoms with Gasteiger partial charge in [-0.1, -0.05) is 13.0 Å². The maximum Gasteiger partial charge on any atom is 0.241 e. The van der Waals surface area contributed by atoms with Crippen LogP contribution in [0.2, 0.25) is 0 Å². The molecule has 0 fully saturated rings. The number of aliphatic hydroxyl groups excluding tert-OH is 1. The molecule has 0 aliphatic rings. The van der Waals surface area contributed by atoms with E-state index >= 15 is 0 Å². The van der Waals surface area contributed by atoms with Gasteiger partial charge in [0.25, 0.3) is 0 Å². The van der Waals surface area contributed by atoms with Gasteiger partial charge in [0.2, 0.25) is 10.0 Å². The van der Waals surface area contributed by atoms with Gasteiger partial charge in [-0.2, -0.15) is 0 Å². The molecule has 20 heavy (non-hydrogen) atoms. The Hall–Kier alpha value is -1.11. The normalized spacial score (nSPS) is 13.2. The van der Waals surface area contributed by atoms with Crippen LogP contribution < -0.4 is 9.46 Å². The van der Waals surface area contributed by atoms with E-state index in [0.717, 1.165) is 5.56 Å². The maximum atomic E-state index is 12.4. The van der Waals surface area contributed by atoms with Gasteiger partial charge in [-0.15, -0.1) is 0 Å². The third kappa shape index (κ3) is 3.94. The predicted octanol–water partition coefficient (Wildman–Crippen LogP) is 1.75. The van der Waals surface area contributed by atoms with Crippen LogP contribution >= 0.6 is 0 Å². The first-order chi connectivity index (χ1) is 9.35. The highest BCUT2D eigenvalue weighted by Gasteiger charge is 2.22. The Morgan fingerprint density at radius 1 is 1.25 bits per heavy atom. The second-order valence-corrected chi connectivity index (χ2v) is 6.41. The van der Waals surface area contributed by atoms with Gasteiger partial charge in [0.05, 0.1) is 18.1 Å². The Morgan fingerprint density at radius 2 is 1.90 bits per heavy atom. The van der Waals surface area contributed by atoms with Gasteiger partial charge in [0.1, 0.15) is 5.75 Å². The Bertz CT molecular complexity index is 551. The molecule has 0 spiro atoms. The van der Waals surface area contributed by atoms with E-state index in [1.807, 2.05) is 20.8 Å². The molecule has 0 aliphatic carbocycles. The van der Waals surface area contributed by atoms with Crippen molar-refractivity contribution >= 4 is 10.0 Å². The molecule has 1 atom stereocenters. The third-order valence-electron chi connectivity index (χ3n) is 3.10. The van der Waals surface area contributed by atoms with E-state index in [-0.39, 0.29) is 11.5 Å². The molecule has 0 bridgehead atoms. The second-order valence-electron chi connectivity index (χ2n) is 4.73. The van der Waals surface area contributed by atoms with Crippen molar-refractivity contribution in [2.75, 3.05) is 13.2 Å². The van der Waals surface area contributed by atoms with E-state index < -0.39 is 16.1 Å². The molecule has 0 radical (unpaired) electrons. The number of ether oxygens (including phenoxy) is 1. The number of aliphatic hydroxyl groups is 1. The van der Waals surface area contributed by atoms with Gasteiger partial charge in [0.15, 0.2) is 0 Å². The molecular formula is C14H23NO4S. The van der Waals surface area contributed by atoms with Crippen molar-refractivity contribution in [1.29, 1.82) is 0 Å². The van der Waals surface area contributed by atoms with Gasteiger partial charge in [0, 0.05) is 12.1 Å².